The van der Waals surface area contributed by atoms with E-state index in [9.17, 15) is 14.4 Å². The van der Waals surface area contributed by atoms with Gasteiger partial charge in [0.15, 0.2) is 5.78 Å². The van der Waals surface area contributed by atoms with Crippen molar-refractivity contribution in [3.8, 4) is 5.69 Å². The lowest BCUT2D eigenvalue weighted by molar-refractivity contribution is -0.139. The van der Waals surface area contributed by atoms with Crippen LogP contribution in [0.15, 0.2) is 29.1 Å². The minimum Gasteiger partial charge on any atom is -0.469 e. The third-order valence-electron chi connectivity index (χ3n) is 3.01. The Bertz CT molecular complexity index is 779. The summed E-state index contributed by atoms with van der Waals surface area (Å²) in [4.78, 5) is 35.8. The van der Waals surface area contributed by atoms with Crippen LogP contribution in [0.2, 0.25) is 5.02 Å². The third-order valence-corrected chi connectivity index (χ3v) is 3.57. The number of carbonyl (C=O) groups excluding carboxylic acids is 2. The molecule has 0 aliphatic carbocycles. The maximum atomic E-state index is 12.5. The zero-order valence-electron chi connectivity index (χ0n) is 11.6. The number of hydrogen-bond acceptors (Lipinski definition) is 4. The molecule has 116 valence electrons. The second-order valence-electron chi connectivity index (χ2n) is 4.37. The number of carbonyl (C=O) groups is 2. The van der Waals surface area contributed by atoms with Gasteiger partial charge in [-0.2, -0.15) is 0 Å². The first-order chi connectivity index (χ1) is 10.5. The molecule has 0 atom stereocenters. The molecule has 22 heavy (non-hydrogen) atoms. The molecule has 0 bridgehead atoms. The molecule has 0 amide bonds. The van der Waals surface area contributed by atoms with Crippen LogP contribution < -0.4 is 5.56 Å². The number of hydrogen-bond donors (Lipinski definition) is 1. The van der Waals surface area contributed by atoms with Crippen molar-refractivity contribution in [1.82, 2.24) is 9.78 Å². The second kappa shape index (κ2) is 6.81. The van der Waals surface area contributed by atoms with Crippen molar-refractivity contribution in [2.24, 2.45) is 0 Å². The van der Waals surface area contributed by atoms with Gasteiger partial charge in [-0.15, -0.1) is 11.6 Å². The van der Waals surface area contributed by atoms with E-state index in [4.69, 9.17) is 23.2 Å². The number of aromatic nitrogens is 2. The summed E-state index contributed by atoms with van der Waals surface area (Å²) in [7, 11) is 1.22. The minimum atomic E-state index is -0.613. The number of nitrogens with one attached hydrogen (secondary N) is 1. The predicted molar refractivity (Wildman–Crippen MR) is 82.2 cm³/mol. The fourth-order valence-corrected chi connectivity index (χ4v) is 2.34. The summed E-state index contributed by atoms with van der Waals surface area (Å²) in [5, 5.41) is 3.05. The summed E-state index contributed by atoms with van der Waals surface area (Å²) in [5.41, 5.74) is -0.269. The van der Waals surface area contributed by atoms with Gasteiger partial charge in [0.2, 0.25) is 0 Å². The van der Waals surface area contributed by atoms with Gasteiger partial charge in [-0.3, -0.25) is 19.5 Å². The number of esters is 1. The normalized spacial score (nSPS) is 10.5. The van der Waals surface area contributed by atoms with Crippen LogP contribution in [0.1, 0.15) is 16.1 Å². The number of ketones is 1. The molecule has 0 saturated carbocycles. The Morgan fingerprint density at radius 1 is 1.32 bits per heavy atom. The van der Waals surface area contributed by atoms with E-state index in [1.54, 1.807) is 24.3 Å². The maximum absolute atomic E-state index is 12.5. The van der Waals surface area contributed by atoms with Gasteiger partial charge in [-0.05, 0) is 12.1 Å². The molecule has 0 spiro atoms. The summed E-state index contributed by atoms with van der Waals surface area (Å²) >= 11 is 11.6. The van der Waals surface area contributed by atoms with Gasteiger partial charge in [0.1, 0.15) is 5.56 Å². The van der Waals surface area contributed by atoms with Crippen molar-refractivity contribution in [3.63, 3.8) is 0 Å². The molecule has 2 rings (SSSR count). The van der Waals surface area contributed by atoms with Gasteiger partial charge >= 0.3 is 5.97 Å². The molecule has 8 heteroatoms. The van der Waals surface area contributed by atoms with Crippen molar-refractivity contribution in [2.75, 3.05) is 13.0 Å². The molecule has 0 aliphatic rings. The molecule has 6 nitrogen and oxygen atoms in total. The molecule has 0 fully saturated rings. The molecule has 1 N–H and O–H groups in total. The Morgan fingerprint density at radius 2 is 2.00 bits per heavy atom. The quantitative estimate of drug-likeness (QED) is 0.511. The number of nitrogens with zero attached hydrogens (tertiary/aromatic N) is 1. The zero-order chi connectivity index (χ0) is 16.3. The van der Waals surface area contributed by atoms with Crippen molar-refractivity contribution < 1.29 is 14.3 Å². The standard InChI is InChI=1S/C14H12Cl2N2O4/c1-22-12(20)6-9-13(11(19)7-15)14(21)18(17-9)10-5-3-2-4-8(10)16/h2-5,17H,6-7H2,1H3. The van der Waals surface area contributed by atoms with Crippen LogP contribution in [0.25, 0.3) is 5.69 Å². The summed E-state index contributed by atoms with van der Waals surface area (Å²) in [5.74, 6) is -1.53. The second-order valence-corrected chi connectivity index (χ2v) is 5.04. The Balaban J connectivity index is 2.63. The van der Waals surface area contributed by atoms with Crippen LogP contribution in [0.3, 0.4) is 0 Å². The van der Waals surface area contributed by atoms with E-state index in [-0.39, 0.29) is 23.6 Å². The lowest BCUT2D eigenvalue weighted by Gasteiger charge is -2.03. The third kappa shape index (κ3) is 3.08. The van der Waals surface area contributed by atoms with Crippen molar-refractivity contribution in [2.45, 2.75) is 6.42 Å². The van der Waals surface area contributed by atoms with E-state index in [1.807, 2.05) is 0 Å². The van der Waals surface area contributed by atoms with Crippen LogP contribution in [0.5, 0.6) is 0 Å². The molecular formula is C14H12Cl2N2O4. The van der Waals surface area contributed by atoms with E-state index in [1.165, 1.54) is 7.11 Å². The van der Waals surface area contributed by atoms with E-state index in [0.29, 0.717) is 10.7 Å². The highest BCUT2D eigenvalue weighted by molar-refractivity contribution is 6.32. The Hall–Kier alpha value is -2.05. The SMILES string of the molecule is COC(=O)Cc1[nH]n(-c2ccccc2Cl)c(=O)c1C(=O)CCl. The lowest BCUT2D eigenvalue weighted by atomic mass is 10.1. The fourth-order valence-electron chi connectivity index (χ4n) is 1.98. The number of alkyl halides is 1. The summed E-state index contributed by atoms with van der Waals surface area (Å²) < 4.78 is 5.67. The van der Waals surface area contributed by atoms with Crippen molar-refractivity contribution in [3.05, 3.63) is 50.9 Å². The van der Waals surface area contributed by atoms with Crippen molar-refractivity contribution in [1.29, 1.82) is 0 Å². The molecule has 0 unspecified atom stereocenters. The molecule has 0 aliphatic heterocycles. The van der Waals surface area contributed by atoms with Gasteiger partial charge in [0.05, 0.1) is 35.8 Å². The van der Waals surface area contributed by atoms with Gasteiger partial charge in [-0.25, -0.2) is 4.68 Å². The first-order valence-corrected chi connectivity index (χ1v) is 7.15. The molecule has 2 aromatic rings. The Morgan fingerprint density at radius 3 is 2.59 bits per heavy atom. The topological polar surface area (TPSA) is 81.2 Å². The van der Waals surface area contributed by atoms with Gasteiger partial charge in [-0.1, -0.05) is 23.7 Å². The number of aromatic amines is 1. The number of methoxy groups -OCH3 is 1. The average molecular weight is 343 g/mol. The maximum Gasteiger partial charge on any atom is 0.311 e. The van der Waals surface area contributed by atoms with Gasteiger partial charge in [0, 0.05) is 0 Å². The van der Waals surface area contributed by atoms with E-state index in [0.717, 1.165) is 4.68 Å². The summed E-state index contributed by atoms with van der Waals surface area (Å²) in [6.07, 6.45) is -0.249. The highest BCUT2D eigenvalue weighted by Gasteiger charge is 2.23. The summed E-state index contributed by atoms with van der Waals surface area (Å²) in [6, 6.07) is 6.61. The lowest BCUT2D eigenvalue weighted by Crippen LogP contribution is -2.21. The number of benzene rings is 1. The number of H-pyrrole nitrogens is 1. The highest BCUT2D eigenvalue weighted by atomic mass is 35.5. The summed E-state index contributed by atoms with van der Waals surface area (Å²) in [6.45, 7) is 0. The minimum absolute atomic E-state index is 0.141. The Labute approximate surface area is 135 Å². The first-order valence-electron chi connectivity index (χ1n) is 6.24. The number of halogens is 2. The molecule has 1 aromatic heterocycles. The van der Waals surface area contributed by atoms with Crippen LogP contribution >= 0.6 is 23.2 Å². The Kier molecular flexibility index (Phi) is 5.05. The van der Waals surface area contributed by atoms with Crippen LogP contribution in [-0.4, -0.2) is 34.5 Å². The van der Waals surface area contributed by atoms with E-state index in [2.05, 4.69) is 9.84 Å². The van der Waals surface area contributed by atoms with Crippen molar-refractivity contribution >= 4 is 35.0 Å². The molecule has 1 heterocycles. The van der Waals surface area contributed by atoms with E-state index >= 15 is 0 Å². The number of rotatable bonds is 5. The number of ether oxygens (including phenoxy) is 1. The average Bonchev–Trinajstić information content (AvgIpc) is 2.83. The molecule has 0 radical (unpaired) electrons. The fraction of sp³-hybridized carbons (Fsp3) is 0.214. The number of Topliss-reactive ketones (excluding diaryl/α,β-unsaturated/α-hetero) is 1. The molecule has 1 aromatic carbocycles. The van der Waals surface area contributed by atoms with Crippen LogP contribution in [0, 0.1) is 0 Å². The van der Waals surface area contributed by atoms with Crippen LogP contribution in [-0.2, 0) is 16.0 Å². The largest absolute Gasteiger partial charge is 0.469 e. The van der Waals surface area contributed by atoms with Gasteiger partial charge in [0.25, 0.3) is 5.56 Å². The monoisotopic (exact) mass is 342 g/mol. The molecular weight excluding hydrogens is 331 g/mol. The molecule has 0 saturated heterocycles. The predicted octanol–water partition coefficient (Wildman–Crippen LogP) is 1.96. The highest BCUT2D eigenvalue weighted by Crippen LogP contribution is 2.19. The van der Waals surface area contributed by atoms with Gasteiger partial charge < -0.3 is 4.74 Å². The van der Waals surface area contributed by atoms with Crippen LogP contribution in [0.4, 0.5) is 0 Å². The first kappa shape index (κ1) is 16.3. The zero-order valence-corrected chi connectivity index (χ0v) is 13.1. The number of para-hydroxylation sites is 1. The smallest absolute Gasteiger partial charge is 0.311 e. The van der Waals surface area contributed by atoms with E-state index < -0.39 is 17.3 Å².